The van der Waals surface area contributed by atoms with Crippen molar-refractivity contribution in [2.75, 3.05) is 5.84 Å². The molecule has 0 aliphatic rings. The zero-order valence-corrected chi connectivity index (χ0v) is 10.2. The first kappa shape index (κ1) is 10.9. The van der Waals surface area contributed by atoms with E-state index in [4.69, 9.17) is 18.1 Å². The number of nitrogens with two attached hydrogens (primary N) is 1. The molecule has 0 unspecified atom stereocenters. The molecule has 0 fully saturated rings. The maximum absolute atomic E-state index is 5.79. The Labute approximate surface area is 98.1 Å². The van der Waals surface area contributed by atoms with Gasteiger partial charge in [0.05, 0.1) is 5.69 Å². The van der Waals surface area contributed by atoms with E-state index in [0.717, 1.165) is 11.4 Å². The summed E-state index contributed by atoms with van der Waals surface area (Å²) in [6, 6.07) is 2.18. The van der Waals surface area contributed by atoms with Crippen LogP contribution in [0.2, 0.25) is 0 Å². The van der Waals surface area contributed by atoms with E-state index in [9.17, 15) is 0 Å². The van der Waals surface area contributed by atoms with Gasteiger partial charge in [0.1, 0.15) is 5.69 Å². The Morgan fingerprint density at radius 1 is 1.50 bits per heavy atom. The molecule has 2 heterocycles. The molecule has 0 saturated carbocycles. The molecule has 0 amide bonds. The molecule has 2 aromatic heterocycles. The molecule has 0 bridgehead atoms. The van der Waals surface area contributed by atoms with Crippen molar-refractivity contribution in [3.05, 3.63) is 16.5 Å². The van der Waals surface area contributed by atoms with E-state index in [1.165, 1.54) is 4.68 Å². The maximum atomic E-state index is 5.79. The number of hydrogen-bond donors (Lipinski definition) is 2. The van der Waals surface area contributed by atoms with Gasteiger partial charge in [0.2, 0.25) is 4.77 Å². The molecule has 0 radical (unpaired) electrons. The van der Waals surface area contributed by atoms with Gasteiger partial charge < -0.3 is 5.84 Å². The molecule has 16 heavy (non-hydrogen) atoms. The quantitative estimate of drug-likeness (QED) is 0.612. The van der Waals surface area contributed by atoms with Crippen LogP contribution in [-0.2, 0) is 0 Å². The molecular formula is C9H14N6S. The van der Waals surface area contributed by atoms with Crippen molar-refractivity contribution in [1.29, 1.82) is 0 Å². The summed E-state index contributed by atoms with van der Waals surface area (Å²) in [6.45, 7) is 6.04. The van der Waals surface area contributed by atoms with Crippen LogP contribution < -0.4 is 5.84 Å². The third kappa shape index (κ3) is 1.63. The van der Waals surface area contributed by atoms with Crippen molar-refractivity contribution in [1.82, 2.24) is 24.7 Å². The van der Waals surface area contributed by atoms with Gasteiger partial charge >= 0.3 is 0 Å². The van der Waals surface area contributed by atoms with Crippen molar-refractivity contribution in [3.63, 3.8) is 0 Å². The van der Waals surface area contributed by atoms with Crippen molar-refractivity contribution in [3.8, 4) is 11.5 Å². The topological polar surface area (TPSA) is 77.5 Å². The highest BCUT2D eigenvalue weighted by Gasteiger charge is 2.15. The third-order valence-electron chi connectivity index (χ3n) is 2.28. The Kier molecular flexibility index (Phi) is 2.55. The first-order valence-electron chi connectivity index (χ1n) is 4.99. The first-order valence-corrected chi connectivity index (χ1v) is 5.40. The number of hydrogen-bond acceptors (Lipinski definition) is 4. The fourth-order valence-electron chi connectivity index (χ4n) is 1.56. The summed E-state index contributed by atoms with van der Waals surface area (Å²) in [7, 11) is 0. The Morgan fingerprint density at radius 3 is 2.69 bits per heavy atom. The summed E-state index contributed by atoms with van der Waals surface area (Å²) in [5, 5.41) is 11.2. The zero-order valence-electron chi connectivity index (χ0n) is 9.43. The highest BCUT2D eigenvalue weighted by molar-refractivity contribution is 7.71. The first-order chi connectivity index (χ1) is 7.50. The van der Waals surface area contributed by atoms with Crippen LogP contribution in [-0.4, -0.2) is 24.7 Å². The number of rotatable bonds is 2. The maximum Gasteiger partial charge on any atom is 0.214 e. The molecule has 2 aromatic rings. The van der Waals surface area contributed by atoms with Gasteiger partial charge in [0.25, 0.3) is 0 Å². The highest BCUT2D eigenvalue weighted by atomic mass is 32.1. The monoisotopic (exact) mass is 238 g/mol. The molecule has 0 saturated heterocycles. The van der Waals surface area contributed by atoms with Gasteiger partial charge in [-0.2, -0.15) is 10.2 Å². The number of nitrogens with one attached hydrogen (secondary N) is 1. The Balaban J connectivity index is 2.64. The van der Waals surface area contributed by atoms with Gasteiger partial charge in [-0.25, -0.2) is 9.77 Å². The Hall–Kier alpha value is -1.63. The second-order valence-corrected chi connectivity index (χ2v) is 4.32. The van der Waals surface area contributed by atoms with Crippen LogP contribution in [0.3, 0.4) is 0 Å². The number of aryl methyl sites for hydroxylation is 1. The van der Waals surface area contributed by atoms with Gasteiger partial charge in [-0.3, -0.25) is 4.68 Å². The fraction of sp³-hybridized carbons (Fsp3) is 0.444. The summed E-state index contributed by atoms with van der Waals surface area (Å²) < 4.78 is 3.62. The van der Waals surface area contributed by atoms with Gasteiger partial charge in [-0.05, 0) is 39.1 Å². The minimum absolute atomic E-state index is 0.244. The van der Waals surface area contributed by atoms with Crippen molar-refractivity contribution < 1.29 is 0 Å². The molecule has 6 nitrogen and oxygen atoms in total. The molecule has 0 aliphatic carbocycles. The lowest BCUT2D eigenvalue weighted by Crippen LogP contribution is -2.13. The molecule has 7 heteroatoms. The average molecular weight is 238 g/mol. The van der Waals surface area contributed by atoms with E-state index in [1.807, 2.05) is 17.7 Å². The molecule has 86 valence electrons. The molecule has 0 spiro atoms. The predicted octanol–water partition coefficient (Wildman–Crippen LogP) is 1.41. The van der Waals surface area contributed by atoms with Gasteiger partial charge in [-0.1, -0.05) is 0 Å². The lowest BCUT2D eigenvalue weighted by molar-refractivity contribution is 0.532. The second kappa shape index (κ2) is 3.75. The van der Waals surface area contributed by atoms with Gasteiger partial charge in [0.15, 0.2) is 5.82 Å². The van der Waals surface area contributed by atoms with Crippen LogP contribution in [0.25, 0.3) is 11.5 Å². The van der Waals surface area contributed by atoms with E-state index in [0.29, 0.717) is 10.6 Å². The van der Waals surface area contributed by atoms with Crippen LogP contribution in [0.5, 0.6) is 0 Å². The summed E-state index contributed by atoms with van der Waals surface area (Å²) >= 11 is 4.98. The van der Waals surface area contributed by atoms with Crippen LogP contribution in [0.15, 0.2) is 6.07 Å². The van der Waals surface area contributed by atoms with Crippen LogP contribution in [0, 0.1) is 11.7 Å². The third-order valence-corrected chi connectivity index (χ3v) is 2.57. The number of aromatic nitrogens is 5. The second-order valence-electron chi connectivity index (χ2n) is 3.93. The van der Waals surface area contributed by atoms with Gasteiger partial charge in [0, 0.05) is 6.04 Å². The Morgan fingerprint density at radius 2 is 2.19 bits per heavy atom. The average Bonchev–Trinajstić information content (AvgIpc) is 2.73. The standard InChI is InChI=1S/C9H14N6S/c1-5(2)15-7(4-6(3)13-15)8-11-12-9(16)14(8)10/h4-5H,10H2,1-3H3,(H,12,16). The van der Waals surface area contributed by atoms with Crippen molar-refractivity contribution in [2.45, 2.75) is 26.8 Å². The molecule has 0 atom stereocenters. The molecular weight excluding hydrogens is 224 g/mol. The lowest BCUT2D eigenvalue weighted by atomic mass is 10.3. The molecule has 0 aliphatic heterocycles. The van der Waals surface area contributed by atoms with E-state index in [1.54, 1.807) is 0 Å². The summed E-state index contributed by atoms with van der Waals surface area (Å²) in [4.78, 5) is 0. The molecule has 0 aromatic carbocycles. The summed E-state index contributed by atoms with van der Waals surface area (Å²) in [5.41, 5.74) is 1.79. The number of nitrogens with zero attached hydrogens (tertiary/aromatic N) is 4. The minimum atomic E-state index is 0.244. The molecule has 3 N–H and O–H groups in total. The van der Waals surface area contributed by atoms with Crippen LogP contribution in [0.1, 0.15) is 25.6 Å². The van der Waals surface area contributed by atoms with E-state index in [2.05, 4.69) is 29.1 Å². The highest BCUT2D eigenvalue weighted by Crippen LogP contribution is 2.20. The number of H-pyrrole nitrogens is 1. The normalized spacial score (nSPS) is 11.2. The predicted molar refractivity (Wildman–Crippen MR) is 63.9 cm³/mol. The fourth-order valence-corrected chi connectivity index (χ4v) is 1.69. The SMILES string of the molecule is Cc1cc(-c2n[nH]c(=S)n2N)n(C(C)C)n1. The Bertz CT molecular complexity index is 561. The van der Waals surface area contributed by atoms with Crippen molar-refractivity contribution in [2.24, 2.45) is 0 Å². The summed E-state index contributed by atoms with van der Waals surface area (Å²) in [6.07, 6.45) is 0. The van der Waals surface area contributed by atoms with Gasteiger partial charge in [-0.15, -0.1) is 0 Å². The smallest absolute Gasteiger partial charge is 0.214 e. The lowest BCUT2D eigenvalue weighted by Gasteiger charge is -2.09. The van der Waals surface area contributed by atoms with Crippen LogP contribution >= 0.6 is 12.2 Å². The largest absolute Gasteiger partial charge is 0.335 e. The van der Waals surface area contributed by atoms with Crippen LogP contribution in [0.4, 0.5) is 0 Å². The van der Waals surface area contributed by atoms with E-state index in [-0.39, 0.29) is 6.04 Å². The summed E-state index contributed by atoms with van der Waals surface area (Å²) in [5.74, 6) is 6.39. The molecule has 2 rings (SSSR count). The van der Waals surface area contributed by atoms with E-state index < -0.39 is 0 Å². The van der Waals surface area contributed by atoms with E-state index >= 15 is 0 Å². The zero-order chi connectivity index (χ0) is 11.9. The van der Waals surface area contributed by atoms with Crippen molar-refractivity contribution >= 4 is 12.2 Å². The number of aromatic amines is 1. The number of nitrogen functional groups attached to an aromatic ring is 1. The minimum Gasteiger partial charge on any atom is -0.335 e.